The summed E-state index contributed by atoms with van der Waals surface area (Å²) in [6.45, 7) is 9.88. The monoisotopic (exact) mass is 417 g/mol. The lowest BCUT2D eigenvalue weighted by molar-refractivity contribution is -0.120. The third-order valence-electron chi connectivity index (χ3n) is 6.33. The van der Waals surface area contributed by atoms with Crippen molar-refractivity contribution in [2.24, 2.45) is 5.92 Å². The van der Waals surface area contributed by atoms with Crippen LogP contribution in [-0.2, 0) is 9.59 Å². The molecule has 162 valence electrons. The second kappa shape index (κ2) is 8.96. The topological polar surface area (TPSA) is 43.9 Å². The van der Waals surface area contributed by atoms with Gasteiger partial charge in [0.25, 0.3) is 11.8 Å². The van der Waals surface area contributed by atoms with E-state index in [-0.39, 0.29) is 11.8 Å². The smallest absolute Gasteiger partial charge is 0.282 e. The zero-order chi connectivity index (χ0) is 22.0. The number of anilines is 2. The summed E-state index contributed by atoms with van der Waals surface area (Å²) in [5, 5.41) is 0. The lowest BCUT2D eigenvalue weighted by atomic mass is 9.98. The Morgan fingerprint density at radius 2 is 1.61 bits per heavy atom. The predicted octanol–water partition coefficient (Wildman–Crippen LogP) is 4.55. The summed E-state index contributed by atoms with van der Waals surface area (Å²) in [5.41, 5.74) is 3.59. The summed E-state index contributed by atoms with van der Waals surface area (Å²) >= 11 is 0. The first-order valence-electron chi connectivity index (χ1n) is 11.3. The van der Waals surface area contributed by atoms with Gasteiger partial charge in [-0.25, -0.2) is 4.90 Å². The maximum atomic E-state index is 13.6. The first-order valence-corrected chi connectivity index (χ1v) is 11.3. The van der Waals surface area contributed by atoms with Gasteiger partial charge in [-0.1, -0.05) is 37.3 Å². The number of benzene rings is 2. The van der Waals surface area contributed by atoms with Crippen molar-refractivity contribution >= 4 is 28.8 Å². The number of carbonyl (C=O) groups is 2. The molecule has 2 aromatic carbocycles. The van der Waals surface area contributed by atoms with Crippen molar-refractivity contribution in [3.8, 4) is 0 Å². The van der Waals surface area contributed by atoms with Gasteiger partial charge in [-0.05, 0) is 62.4 Å². The number of hydrogen-bond acceptors (Lipinski definition) is 4. The number of nitrogens with zero attached hydrogens (tertiary/aromatic N) is 3. The molecule has 4 rings (SSSR count). The minimum absolute atomic E-state index is 0.214. The lowest BCUT2D eigenvalue weighted by Gasteiger charge is -2.33. The first-order chi connectivity index (χ1) is 15.0. The van der Waals surface area contributed by atoms with Gasteiger partial charge in [-0.15, -0.1) is 0 Å². The maximum Gasteiger partial charge on any atom is 0.282 e. The Kier molecular flexibility index (Phi) is 6.12. The van der Waals surface area contributed by atoms with Crippen LogP contribution in [0.1, 0.15) is 39.2 Å². The molecule has 0 spiro atoms. The van der Waals surface area contributed by atoms with Gasteiger partial charge in [-0.2, -0.15) is 0 Å². The third-order valence-corrected chi connectivity index (χ3v) is 6.33. The molecule has 0 N–H and O–H groups in total. The number of hydrogen-bond donors (Lipinski definition) is 0. The van der Waals surface area contributed by atoms with Gasteiger partial charge in [-0.3, -0.25) is 9.59 Å². The quantitative estimate of drug-likeness (QED) is 0.647. The molecular formula is C26H31N3O2. The van der Waals surface area contributed by atoms with E-state index in [1.54, 1.807) is 0 Å². The van der Waals surface area contributed by atoms with Crippen LogP contribution in [0.5, 0.6) is 0 Å². The van der Waals surface area contributed by atoms with Gasteiger partial charge in [0, 0.05) is 31.9 Å². The average Bonchev–Trinajstić information content (AvgIpc) is 3.06. The Labute approximate surface area is 184 Å². The predicted molar refractivity (Wildman–Crippen MR) is 126 cm³/mol. The summed E-state index contributed by atoms with van der Waals surface area (Å²) < 4.78 is 0. The molecule has 5 nitrogen and oxygen atoms in total. The molecule has 2 heterocycles. The van der Waals surface area contributed by atoms with E-state index in [4.69, 9.17) is 0 Å². The zero-order valence-electron chi connectivity index (χ0n) is 18.7. The Morgan fingerprint density at radius 3 is 2.23 bits per heavy atom. The highest BCUT2D eigenvalue weighted by Crippen LogP contribution is 2.36. The van der Waals surface area contributed by atoms with E-state index in [9.17, 15) is 9.59 Å². The number of amides is 2. The van der Waals surface area contributed by atoms with Crippen LogP contribution in [0.3, 0.4) is 0 Å². The molecule has 2 aliphatic rings. The van der Waals surface area contributed by atoms with E-state index in [0.717, 1.165) is 50.3 Å². The van der Waals surface area contributed by atoms with Gasteiger partial charge in [0.2, 0.25) is 0 Å². The van der Waals surface area contributed by atoms with Crippen LogP contribution in [0.15, 0.2) is 60.3 Å². The molecule has 0 aliphatic carbocycles. The third kappa shape index (κ3) is 3.97. The first kappa shape index (κ1) is 21.2. The lowest BCUT2D eigenvalue weighted by Crippen LogP contribution is -2.39. The Morgan fingerprint density at radius 1 is 0.935 bits per heavy atom. The summed E-state index contributed by atoms with van der Waals surface area (Å²) in [6, 6.07) is 17.3. The van der Waals surface area contributed by atoms with Crippen LogP contribution in [0.25, 0.3) is 5.57 Å². The molecule has 1 saturated heterocycles. The largest absolute Gasteiger partial charge is 0.372 e. The summed E-state index contributed by atoms with van der Waals surface area (Å²) in [5.74, 6) is 0.0529. The second-order valence-electron chi connectivity index (χ2n) is 8.42. The van der Waals surface area contributed by atoms with Crippen molar-refractivity contribution in [1.82, 2.24) is 4.90 Å². The molecule has 2 aromatic rings. The molecule has 1 unspecified atom stereocenters. The van der Waals surface area contributed by atoms with Crippen molar-refractivity contribution in [3.63, 3.8) is 0 Å². The fourth-order valence-electron chi connectivity index (χ4n) is 4.70. The highest BCUT2D eigenvalue weighted by Gasteiger charge is 2.43. The Balaban J connectivity index is 1.73. The second-order valence-corrected chi connectivity index (χ2v) is 8.42. The average molecular weight is 418 g/mol. The molecule has 2 amide bonds. The van der Waals surface area contributed by atoms with Crippen molar-refractivity contribution in [2.75, 3.05) is 36.0 Å². The van der Waals surface area contributed by atoms with Crippen molar-refractivity contribution in [2.45, 2.75) is 33.6 Å². The maximum absolute atomic E-state index is 13.6. The molecule has 1 fully saturated rings. The zero-order valence-corrected chi connectivity index (χ0v) is 18.7. The van der Waals surface area contributed by atoms with Gasteiger partial charge in [0.1, 0.15) is 5.70 Å². The molecular weight excluding hydrogens is 386 g/mol. The SMILES string of the molecule is CCN(CC)c1ccc(N2C(=O)C(c3ccccc3)=C(N3CCCC(C)C3)C2=O)cc1. The van der Waals surface area contributed by atoms with Gasteiger partial charge in [0.05, 0.1) is 11.3 Å². The fraction of sp³-hybridized carbons (Fsp3) is 0.385. The van der Waals surface area contributed by atoms with Gasteiger partial charge >= 0.3 is 0 Å². The van der Waals surface area contributed by atoms with Crippen molar-refractivity contribution in [3.05, 3.63) is 65.9 Å². The molecule has 0 aromatic heterocycles. The van der Waals surface area contributed by atoms with E-state index in [1.165, 1.54) is 4.90 Å². The summed E-state index contributed by atoms with van der Waals surface area (Å²) in [4.78, 5) is 32.9. The van der Waals surface area contributed by atoms with Crippen LogP contribution in [0.4, 0.5) is 11.4 Å². The highest BCUT2D eigenvalue weighted by atomic mass is 16.2. The highest BCUT2D eigenvalue weighted by molar-refractivity contribution is 6.45. The molecule has 2 aliphatic heterocycles. The Hall–Kier alpha value is -3.08. The number of carbonyl (C=O) groups excluding carboxylic acids is 2. The number of piperidine rings is 1. The number of imide groups is 1. The van der Waals surface area contributed by atoms with E-state index in [2.05, 4.69) is 30.6 Å². The molecule has 1 atom stereocenters. The van der Waals surface area contributed by atoms with Crippen molar-refractivity contribution in [1.29, 1.82) is 0 Å². The van der Waals surface area contributed by atoms with Crippen LogP contribution < -0.4 is 9.80 Å². The summed E-state index contributed by atoms with van der Waals surface area (Å²) in [6.07, 6.45) is 2.19. The van der Waals surface area contributed by atoms with Crippen LogP contribution in [-0.4, -0.2) is 42.9 Å². The standard InChI is InChI=1S/C26H31N3O2/c1-4-27(5-2)21-13-15-22(16-14-21)29-25(30)23(20-11-7-6-8-12-20)24(26(29)31)28-17-9-10-19(3)18-28/h6-8,11-16,19H,4-5,9-10,17-18H2,1-3H3. The number of likely N-dealkylation sites (tertiary alicyclic amines) is 1. The van der Waals surface area contributed by atoms with Crippen molar-refractivity contribution < 1.29 is 9.59 Å². The van der Waals surface area contributed by atoms with Crippen LogP contribution >= 0.6 is 0 Å². The summed E-state index contributed by atoms with van der Waals surface area (Å²) in [7, 11) is 0. The molecule has 5 heteroatoms. The van der Waals surface area contributed by atoms with E-state index in [1.807, 2.05) is 54.6 Å². The van der Waals surface area contributed by atoms with E-state index >= 15 is 0 Å². The minimum atomic E-state index is -0.236. The van der Waals surface area contributed by atoms with Crippen LogP contribution in [0, 0.1) is 5.92 Å². The fourth-order valence-corrected chi connectivity index (χ4v) is 4.70. The number of rotatable bonds is 6. The minimum Gasteiger partial charge on any atom is -0.372 e. The molecule has 0 bridgehead atoms. The van der Waals surface area contributed by atoms with Crippen LogP contribution in [0.2, 0.25) is 0 Å². The molecule has 0 radical (unpaired) electrons. The van der Waals surface area contributed by atoms with E-state index in [0.29, 0.717) is 22.9 Å². The normalized spacial score (nSPS) is 19.4. The van der Waals surface area contributed by atoms with E-state index < -0.39 is 0 Å². The molecule has 31 heavy (non-hydrogen) atoms. The van der Waals surface area contributed by atoms with Gasteiger partial charge in [0.15, 0.2) is 0 Å². The Bertz CT molecular complexity index is 977. The molecule has 0 saturated carbocycles. The van der Waals surface area contributed by atoms with Gasteiger partial charge < -0.3 is 9.80 Å².